The molecule has 1 fully saturated rings. The summed E-state index contributed by atoms with van der Waals surface area (Å²) in [6.45, 7) is 6.98. The third-order valence-corrected chi connectivity index (χ3v) is 5.88. The van der Waals surface area contributed by atoms with Gasteiger partial charge in [-0.3, -0.25) is 4.79 Å². The van der Waals surface area contributed by atoms with E-state index in [1.165, 1.54) is 7.11 Å². The summed E-state index contributed by atoms with van der Waals surface area (Å²) < 4.78 is 4.87. The summed E-state index contributed by atoms with van der Waals surface area (Å²) in [6.07, 6.45) is 2.45. The number of carbonyl (C=O) groups is 3. The van der Waals surface area contributed by atoms with E-state index in [4.69, 9.17) is 4.74 Å². The van der Waals surface area contributed by atoms with E-state index >= 15 is 0 Å². The third kappa shape index (κ3) is 6.12. The quantitative estimate of drug-likeness (QED) is 0.594. The first-order valence-corrected chi connectivity index (χ1v) is 11.3. The smallest absolute Gasteiger partial charge is 0.328 e. The lowest BCUT2D eigenvalue weighted by atomic mass is 10.0. The van der Waals surface area contributed by atoms with Gasteiger partial charge in [0.15, 0.2) is 0 Å². The molecule has 0 saturated carbocycles. The van der Waals surface area contributed by atoms with Gasteiger partial charge in [0.1, 0.15) is 12.1 Å². The number of amides is 3. The Hall–Kier alpha value is -3.36. The molecule has 2 aromatic rings. The highest BCUT2D eigenvalue weighted by Gasteiger charge is 2.39. The van der Waals surface area contributed by atoms with Crippen molar-refractivity contribution in [1.82, 2.24) is 25.1 Å². The Morgan fingerprint density at radius 2 is 1.97 bits per heavy atom. The van der Waals surface area contributed by atoms with E-state index in [1.54, 1.807) is 16.1 Å². The number of ether oxygens (including phenoxy) is 1. The van der Waals surface area contributed by atoms with Gasteiger partial charge in [0.05, 0.1) is 25.7 Å². The molecule has 2 atom stereocenters. The lowest BCUT2D eigenvalue weighted by molar-refractivity contribution is -0.143. The standard InChI is InChI=1S/C24H33N5O4/c1-16(2)12-19(23(31)33-4)27-24(32)29-11-10-28(14-20-17(3)25-15-26-20)22(30)21(29)13-18-8-6-5-7-9-18/h5-9,15-16,19,21H,10-14H2,1-4H3,(H,25,26)(H,27,32)/t19-,21+/m1/s1. The van der Waals surface area contributed by atoms with Crippen LogP contribution in [0.1, 0.15) is 37.2 Å². The molecule has 9 heteroatoms. The molecule has 3 amide bonds. The zero-order valence-electron chi connectivity index (χ0n) is 19.7. The number of aryl methyl sites for hydroxylation is 1. The molecule has 178 valence electrons. The molecule has 1 saturated heterocycles. The van der Waals surface area contributed by atoms with E-state index in [0.29, 0.717) is 32.5 Å². The topological polar surface area (TPSA) is 108 Å². The number of methoxy groups -OCH3 is 1. The second-order valence-corrected chi connectivity index (χ2v) is 8.79. The number of hydrogen-bond donors (Lipinski definition) is 2. The van der Waals surface area contributed by atoms with Gasteiger partial charge in [-0.2, -0.15) is 0 Å². The van der Waals surface area contributed by atoms with Crippen LogP contribution in [0.3, 0.4) is 0 Å². The second kappa shape index (κ2) is 11.0. The number of aromatic nitrogens is 2. The number of piperazine rings is 1. The van der Waals surface area contributed by atoms with Crippen molar-refractivity contribution in [1.29, 1.82) is 0 Å². The van der Waals surface area contributed by atoms with Crippen LogP contribution in [0.2, 0.25) is 0 Å². The summed E-state index contributed by atoms with van der Waals surface area (Å²) >= 11 is 0. The number of carbonyl (C=O) groups excluding carboxylic acids is 3. The van der Waals surface area contributed by atoms with Crippen LogP contribution >= 0.6 is 0 Å². The average molecular weight is 456 g/mol. The largest absolute Gasteiger partial charge is 0.467 e. The highest BCUT2D eigenvalue weighted by atomic mass is 16.5. The number of hydrogen-bond acceptors (Lipinski definition) is 5. The minimum Gasteiger partial charge on any atom is -0.467 e. The van der Waals surface area contributed by atoms with E-state index in [1.807, 2.05) is 51.1 Å². The molecule has 1 aliphatic heterocycles. The number of benzene rings is 1. The molecule has 0 aliphatic carbocycles. The Labute approximate surface area is 194 Å². The molecule has 9 nitrogen and oxygen atoms in total. The maximum absolute atomic E-state index is 13.5. The normalized spacial score (nSPS) is 17.2. The second-order valence-electron chi connectivity index (χ2n) is 8.79. The number of esters is 1. The molecular weight excluding hydrogens is 422 g/mol. The summed E-state index contributed by atoms with van der Waals surface area (Å²) in [5.41, 5.74) is 2.68. The van der Waals surface area contributed by atoms with E-state index in [0.717, 1.165) is 17.0 Å². The lowest BCUT2D eigenvalue weighted by Crippen LogP contribution is -2.62. The van der Waals surface area contributed by atoms with Gasteiger partial charge in [-0.15, -0.1) is 0 Å². The predicted octanol–water partition coefficient (Wildman–Crippen LogP) is 2.27. The molecular formula is C24H33N5O4. The summed E-state index contributed by atoms with van der Waals surface area (Å²) in [4.78, 5) is 49.6. The first-order valence-electron chi connectivity index (χ1n) is 11.3. The first kappa shape index (κ1) is 24.3. The molecule has 0 radical (unpaired) electrons. The van der Waals surface area contributed by atoms with E-state index < -0.39 is 24.1 Å². The SMILES string of the molecule is COC(=O)[C@@H](CC(C)C)NC(=O)N1CCN(Cc2nc[nH]c2C)C(=O)[C@@H]1Cc1ccccc1. The van der Waals surface area contributed by atoms with Gasteiger partial charge in [0, 0.05) is 25.2 Å². The monoisotopic (exact) mass is 455 g/mol. The molecule has 2 N–H and O–H groups in total. The maximum Gasteiger partial charge on any atom is 0.328 e. The van der Waals surface area contributed by atoms with Crippen LogP contribution in [-0.2, 0) is 27.3 Å². The fraction of sp³-hybridized carbons (Fsp3) is 0.500. The van der Waals surface area contributed by atoms with Gasteiger partial charge in [0.2, 0.25) is 5.91 Å². The molecule has 1 aromatic heterocycles. The zero-order valence-corrected chi connectivity index (χ0v) is 19.7. The summed E-state index contributed by atoms with van der Waals surface area (Å²) in [5.74, 6) is -0.443. The van der Waals surface area contributed by atoms with Crippen molar-refractivity contribution in [2.45, 2.75) is 52.2 Å². The fourth-order valence-corrected chi connectivity index (χ4v) is 4.06. The van der Waals surface area contributed by atoms with Crippen LogP contribution in [-0.4, -0.2) is 70.0 Å². The fourth-order valence-electron chi connectivity index (χ4n) is 4.06. The summed E-state index contributed by atoms with van der Waals surface area (Å²) in [6, 6.07) is 7.73. The van der Waals surface area contributed by atoms with Gasteiger partial charge in [0.25, 0.3) is 0 Å². The molecule has 33 heavy (non-hydrogen) atoms. The molecule has 0 bridgehead atoms. The number of urea groups is 1. The van der Waals surface area contributed by atoms with Crippen molar-refractivity contribution in [2.75, 3.05) is 20.2 Å². The number of rotatable bonds is 8. The molecule has 0 unspecified atom stereocenters. The zero-order chi connectivity index (χ0) is 24.0. The van der Waals surface area contributed by atoms with Crippen LogP contribution in [0.5, 0.6) is 0 Å². The van der Waals surface area contributed by atoms with E-state index in [2.05, 4.69) is 15.3 Å². The summed E-state index contributed by atoms with van der Waals surface area (Å²) in [5, 5.41) is 2.80. The van der Waals surface area contributed by atoms with Crippen LogP contribution in [0.25, 0.3) is 0 Å². The van der Waals surface area contributed by atoms with Gasteiger partial charge in [-0.1, -0.05) is 44.2 Å². The van der Waals surface area contributed by atoms with Crippen molar-refractivity contribution in [3.05, 3.63) is 53.6 Å². The maximum atomic E-state index is 13.5. The Morgan fingerprint density at radius 3 is 2.58 bits per heavy atom. The van der Waals surface area contributed by atoms with Crippen molar-refractivity contribution < 1.29 is 19.1 Å². The molecule has 2 heterocycles. The van der Waals surface area contributed by atoms with Crippen LogP contribution in [0.15, 0.2) is 36.7 Å². The summed E-state index contributed by atoms with van der Waals surface area (Å²) in [7, 11) is 1.30. The van der Waals surface area contributed by atoms with Crippen LogP contribution < -0.4 is 5.32 Å². The minimum absolute atomic E-state index is 0.138. The third-order valence-electron chi connectivity index (χ3n) is 5.88. The average Bonchev–Trinajstić information content (AvgIpc) is 3.20. The Morgan fingerprint density at radius 1 is 1.24 bits per heavy atom. The number of aromatic amines is 1. The lowest BCUT2D eigenvalue weighted by Gasteiger charge is -2.41. The number of H-pyrrole nitrogens is 1. The van der Waals surface area contributed by atoms with Crippen molar-refractivity contribution in [3.63, 3.8) is 0 Å². The minimum atomic E-state index is -0.764. The van der Waals surface area contributed by atoms with Crippen LogP contribution in [0.4, 0.5) is 4.79 Å². The Bertz CT molecular complexity index is 959. The first-order chi connectivity index (χ1) is 15.8. The number of imidazole rings is 1. The Balaban J connectivity index is 1.81. The van der Waals surface area contributed by atoms with Gasteiger partial charge >= 0.3 is 12.0 Å². The Kier molecular flexibility index (Phi) is 8.08. The van der Waals surface area contributed by atoms with Crippen molar-refractivity contribution in [2.24, 2.45) is 5.92 Å². The number of nitrogens with zero attached hydrogens (tertiary/aromatic N) is 3. The van der Waals surface area contributed by atoms with E-state index in [-0.39, 0.29) is 11.8 Å². The molecule has 1 aromatic carbocycles. The molecule has 1 aliphatic rings. The van der Waals surface area contributed by atoms with Gasteiger partial charge < -0.3 is 24.8 Å². The van der Waals surface area contributed by atoms with E-state index in [9.17, 15) is 14.4 Å². The van der Waals surface area contributed by atoms with Crippen molar-refractivity contribution in [3.8, 4) is 0 Å². The van der Waals surface area contributed by atoms with Gasteiger partial charge in [-0.05, 0) is 24.8 Å². The molecule has 0 spiro atoms. The molecule has 3 rings (SSSR count). The van der Waals surface area contributed by atoms with Crippen molar-refractivity contribution >= 4 is 17.9 Å². The van der Waals surface area contributed by atoms with Crippen LogP contribution in [0, 0.1) is 12.8 Å². The predicted molar refractivity (Wildman–Crippen MR) is 123 cm³/mol. The highest BCUT2D eigenvalue weighted by molar-refractivity contribution is 5.90. The van der Waals surface area contributed by atoms with Gasteiger partial charge in [-0.25, -0.2) is 14.6 Å². The highest BCUT2D eigenvalue weighted by Crippen LogP contribution is 2.20. The number of nitrogens with one attached hydrogen (secondary N) is 2.